The average Bonchev–Trinajstić information content (AvgIpc) is 2.88. The van der Waals surface area contributed by atoms with Crippen molar-refractivity contribution in [2.45, 2.75) is 46.0 Å². The van der Waals surface area contributed by atoms with Crippen LogP contribution in [0.3, 0.4) is 0 Å². The van der Waals surface area contributed by atoms with Gasteiger partial charge in [0.05, 0.1) is 0 Å². The standard InChI is InChI=1S/C18H21NO4/c1-12-5-7-14(8-6-12)16(22)19-17(23)18(11-9-13(2)20)10-3-4-15(18)21/h5-8H,3-4,9-11H2,1-2H3,(H,19,22,23)/t18-/m1/s1. The molecule has 0 radical (unpaired) electrons. The number of benzene rings is 1. The monoisotopic (exact) mass is 315 g/mol. The molecule has 1 aliphatic rings. The number of carbonyl (C=O) groups is 4. The normalized spacial score (nSPS) is 20.3. The average molecular weight is 315 g/mol. The SMILES string of the molecule is CC(=O)CC[C@]1(C(=O)NC(=O)c2ccc(C)cc2)CCCC1=O. The zero-order chi connectivity index (χ0) is 17.0. The lowest BCUT2D eigenvalue weighted by Crippen LogP contribution is -2.46. The Balaban J connectivity index is 2.14. The molecule has 0 heterocycles. The summed E-state index contributed by atoms with van der Waals surface area (Å²) in [5, 5.41) is 2.34. The Kier molecular flexibility index (Phi) is 5.08. The Morgan fingerprint density at radius 3 is 2.35 bits per heavy atom. The first kappa shape index (κ1) is 17.1. The molecule has 1 saturated carbocycles. The van der Waals surface area contributed by atoms with Crippen molar-refractivity contribution in [3.05, 3.63) is 35.4 Å². The van der Waals surface area contributed by atoms with Gasteiger partial charge in [0.2, 0.25) is 5.91 Å². The fourth-order valence-electron chi connectivity index (χ4n) is 2.94. The molecule has 0 spiro atoms. The van der Waals surface area contributed by atoms with Gasteiger partial charge < -0.3 is 4.79 Å². The number of ketones is 2. The molecule has 5 heteroatoms. The molecule has 0 aliphatic heterocycles. The molecule has 1 aromatic carbocycles. The molecule has 1 aliphatic carbocycles. The fraction of sp³-hybridized carbons (Fsp3) is 0.444. The quantitative estimate of drug-likeness (QED) is 0.668. The van der Waals surface area contributed by atoms with Crippen LogP contribution in [0.5, 0.6) is 0 Å². The van der Waals surface area contributed by atoms with Crippen LogP contribution in [0.4, 0.5) is 0 Å². The summed E-state index contributed by atoms with van der Waals surface area (Å²) in [4.78, 5) is 48.2. The smallest absolute Gasteiger partial charge is 0.257 e. The largest absolute Gasteiger partial charge is 0.300 e. The summed E-state index contributed by atoms with van der Waals surface area (Å²) < 4.78 is 0. The van der Waals surface area contributed by atoms with Crippen molar-refractivity contribution in [2.75, 3.05) is 0 Å². The van der Waals surface area contributed by atoms with E-state index < -0.39 is 17.2 Å². The van der Waals surface area contributed by atoms with Crippen LogP contribution in [0, 0.1) is 12.3 Å². The lowest BCUT2D eigenvalue weighted by molar-refractivity contribution is -0.140. The van der Waals surface area contributed by atoms with E-state index in [9.17, 15) is 19.2 Å². The Morgan fingerprint density at radius 1 is 1.17 bits per heavy atom. The summed E-state index contributed by atoms with van der Waals surface area (Å²) in [6.07, 6.45) is 1.67. The topological polar surface area (TPSA) is 80.3 Å². The maximum absolute atomic E-state index is 12.6. The molecule has 1 aromatic rings. The zero-order valence-electron chi connectivity index (χ0n) is 13.5. The van der Waals surface area contributed by atoms with E-state index in [4.69, 9.17) is 0 Å². The number of amides is 2. The number of imide groups is 1. The van der Waals surface area contributed by atoms with Crippen LogP contribution >= 0.6 is 0 Å². The highest BCUT2D eigenvalue weighted by atomic mass is 16.2. The minimum absolute atomic E-state index is 0.0678. The molecule has 122 valence electrons. The van der Waals surface area contributed by atoms with Crippen LogP contribution in [0.15, 0.2) is 24.3 Å². The number of aryl methyl sites for hydroxylation is 1. The van der Waals surface area contributed by atoms with E-state index in [0.717, 1.165) is 5.56 Å². The molecule has 5 nitrogen and oxygen atoms in total. The van der Waals surface area contributed by atoms with Gasteiger partial charge in [-0.1, -0.05) is 17.7 Å². The van der Waals surface area contributed by atoms with E-state index in [0.29, 0.717) is 24.8 Å². The molecule has 23 heavy (non-hydrogen) atoms. The lowest BCUT2D eigenvalue weighted by Gasteiger charge is -2.25. The Bertz CT molecular complexity index is 647. The maximum Gasteiger partial charge on any atom is 0.257 e. The van der Waals surface area contributed by atoms with Gasteiger partial charge in [-0.25, -0.2) is 0 Å². The summed E-state index contributed by atoms with van der Waals surface area (Å²) in [6, 6.07) is 6.84. The highest BCUT2D eigenvalue weighted by Gasteiger charge is 2.48. The molecule has 0 saturated heterocycles. The number of hydrogen-bond donors (Lipinski definition) is 1. The summed E-state index contributed by atoms with van der Waals surface area (Å²) >= 11 is 0. The number of rotatable bonds is 5. The zero-order valence-corrected chi connectivity index (χ0v) is 13.5. The molecule has 1 N–H and O–H groups in total. The van der Waals surface area contributed by atoms with Crippen molar-refractivity contribution in [3.8, 4) is 0 Å². The van der Waals surface area contributed by atoms with E-state index in [1.54, 1.807) is 24.3 Å². The summed E-state index contributed by atoms with van der Waals surface area (Å²) in [5.41, 5.74) is 0.152. The number of nitrogens with one attached hydrogen (secondary N) is 1. The van der Waals surface area contributed by atoms with Crippen LogP contribution in [0.1, 0.15) is 54.9 Å². The van der Waals surface area contributed by atoms with Crippen LogP contribution in [0.2, 0.25) is 0 Å². The van der Waals surface area contributed by atoms with Crippen LogP contribution < -0.4 is 5.32 Å². The predicted octanol–water partition coefficient (Wildman–Crippen LogP) is 2.36. The highest BCUT2D eigenvalue weighted by Crippen LogP contribution is 2.39. The Morgan fingerprint density at radius 2 is 1.83 bits per heavy atom. The van der Waals surface area contributed by atoms with Crippen LogP contribution in [-0.2, 0) is 14.4 Å². The molecule has 0 unspecified atom stereocenters. The van der Waals surface area contributed by atoms with Crippen molar-refractivity contribution in [1.29, 1.82) is 0 Å². The van der Waals surface area contributed by atoms with Gasteiger partial charge in [0.25, 0.3) is 5.91 Å². The van der Waals surface area contributed by atoms with Gasteiger partial charge in [-0.15, -0.1) is 0 Å². The molecule has 0 bridgehead atoms. The molecule has 1 atom stereocenters. The summed E-state index contributed by atoms with van der Waals surface area (Å²) in [7, 11) is 0. The number of hydrogen-bond acceptors (Lipinski definition) is 4. The van der Waals surface area contributed by atoms with Crippen LogP contribution in [0.25, 0.3) is 0 Å². The first-order valence-electron chi connectivity index (χ1n) is 7.80. The third-order valence-corrected chi connectivity index (χ3v) is 4.42. The van der Waals surface area contributed by atoms with Gasteiger partial charge in [0.1, 0.15) is 17.0 Å². The van der Waals surface area contributed by atoms with Gasteiger partial charge in [-0.05, 0) is 45.2 Å². The van der Waals surface area contributed by atoms with Gasteiger partial charge >= 0.3 is 0 Å². The number of Topliss-reactive ketones (excluding diaryl/α,β-unsaturated/α-hetero) is 2. The van der Waals surface area contributed by atoms with Gasteiger partial charge in [-0.2, -0.15) is 0 Å². The van der Waals surface area contributed by atoms with E-state index in [1.807, 2.05) is 6.92 Å². The Hall–Kier alpha value is -2.30. The first-order chi connectivity index (χ1) is 10.8. The molecule has 0 aromatic heterocycles. The van der Waals surface area contributed by atoms with E-state index >= 15 is 0 Å². The van der Waals surface area contributed by atoms with Gasteiger partial charge in [-0.3, -0.25) is 19.7 Å². The maximum atomic E-state index is 12.6. The molecular formula is C18H21NO4. The third kappa shape index (κ3) is 3.73. The van der Waals surface area contributed by atoms with Crippen molar-refractivity contribution in [1.82, 2.24) is 5.32 Å². The van der Waals surface area contributed by atoms with Gasteiger partial charge in [0.15, 0.2) is 0 Å². The minimum atomic E-state index is -1.23. The summed E-state index contributed by atoms with van der Waals surface area (Å²) in [5.74, 6) is -1.33. The molecule has 2 rings (SSSR count). The summed E-state index contributed by atoms with van der Waals surface area (Å²) in [6.45, 7) is 3.34. The van der Waals surface area contributed by atoms with E-state index in [1.165, 1.54) is 6.92 Å². The van der Waals surface area contributed by atoms with Crippen molar-refractivity contribution in [2.24, 2.45) is 5.41 Å². The number of carbonyl (C=O) groups excluding carboxylic acids is 4. The fourth-order valence-corrected chi connectivity index (χ4v) is 2.94. The highest BCUT2D eigenvalue weighted by molar-refractivity contribution is 6.14. The molecule has 2 amide bonds. The van der Waals surface area contributed by atoms with Gasteiger partial charge in [0, 0.05) is 18.4 Å². The molecule has 1 fully saturated rings. The second-order valence-corrected chi connectivity index (χ2v) is 6.21. The third-order valence-electron chi connectivity index (χ3n) is 4.42. The van der Waals surface area contributed by atoms with Crippen LogP contribution in [-0.4, -0.2) is 23.4 Å². The van der Waals surface area contributed by atoms with Crippen molar-refractivity contribution >= 4 is 23.4 Å². The van der Waals surface area contributed by atoms with Crippen molar-refractivity contribution < 1.29 is 19.2 Å². The first-order valence-corrected chi connectivity index (χ1v) is 7.80. The lowest BCUT2D eigenvalue weighted by atomic mass is 9.79. The van der Waals surface area contributed by atoms with E-state index in [-0.39, 0.29) is 24.4 Å². The second-order valence-electron chi connectivity index (χ2n) is 6.21. The Labute approximate surface area is 135 Å². The minimum Gasteiger partial charge on any atom is -0.300 e. The van der Waals surface area contributed by atoms with Crippen molar-refractivity contribution in [3.63, 3.8) is 0 Å². The van der Waals surface area contributed by atoms with E-state index in [2.05, 4.69) is 5.32 Å². The molecular weight excluding hydrogens is 294 g/mol. The predicted molar refractivity (Wildman–Crippen MR) is 84.9 cm³/mol. The second kappa shape index (κ2) is 6.86.